The third kappa shape index (κ3) is 5.68. The van der Waals surface area contributed by atoms with E-state index >= 15 is 0 Å². The van der Waals surface area contributed by atoms with E-state index in [4.69, 9.17) is 25.0 Å². The molecule has 1 saturated heterocycles. The maximum Gasteiger partial charge on any atom is 0.410 e. The second-order valence-corrected chi connectivity index (χ2v) is 12.8. The predicted octanol–water partition coefficient (Wildman–Crippen LogP) is 7.15. The number of carbonyl (C=O) groups excluding carboxylic acids is 1. The molecule has 46 heavy (non-hydrogen) atoms. The number of hydrogen-bond acceptors (Lipinski definition) is 8. The Hall–Kier alpha value is -5.19. The molecule has 0 bridgehead atoms. The molecule has 236 valence electrons. The molecule has 10 nitrogen and oxygen atoms in total. The van der Waals surface area contributed by atoms with Crippen LogP contribution in [-0.4, -0.2) is 55.0 Å². The van der Waals surface area contributed by atoms with Gasteiger partial charge in [0, 0.05) is 49.5 Å². The summed E-state index contributed by atoms with van der Waals surface area (Å²) in [5.74, 6) is 1.79. The summed E-state index contributed by atoms with van der Waals surface area (Å²) in [5, 5.41) is 5.73. The molecule has 1 unspecified atom stereocenters. The fourth-order valence-electron chi connectivity index (χ4n) is 6.28. The molecule has 0 saturated carbocycles. The normalized spacial score (nSPS) is 17.4. The second-order valence-electron chi connectivity index (χ2n) is 12.8. The Balaban J connectivity index is 1.24. The second kappa shape index (κ2) is 11.3. The molecule has 7 rings (SSSR count). The van der Waals surface area contributed by atoms with Gasteiger partial charge in [0.2, 0.25) is 0 Å². The van der Waals surface area contributed by atoms with Crippen LogP contribution in [0.2, 0.25) is 0 Å². The number of carbonyl (C=O) groups is 1. The lowest BCUT2D eigenvalue weighted by Gasteiger charge is -2.46. The molecule has 4 heterocycles. The fourth-order valence-corrected chi connectivity index (χ4v) is 6.28. The fraction of sp³-hybridized carbons (Fsp3) is 0.314. The average Bonchev–Trinajstić information content (AvgIpc) is 3.42. The predicted molar refractivity (Wildman–Crippen MR) is 171 cm³/mol. The van der Waals surface area contributed by atoms with E-state index in [-0.39, 0.29) is 12.1 Å². The van der Waals surface area contributed by atoms with Gasteiger partial charge < -0.3 is 24.8 Å². The number of nitrogens with zero attached hydrogens (tertiary/aromatic N) is 5. The van der Waals surface area contributed by atoms with Gasteiger partial charge >= 0.3 is 6.09 Å². The van der Waals surface area contributed by atoms with Crippen LogP contribution in [-0.2, 0) is 4.74 Å². The van der Waals surface area contributed by atoms with E-state index in [1.807, 2.05) is 80.1 Å². The molecule has 2 N–H and O–H groups in total. The molecular formula is C35H35FN6O4. The number of rotatable bonds is 4. The standard InChI is InChI=1S/C35H35FN6O4/c1-34(2,3)46-33(43)41-17-15-35(16-18-41)20-27(26-14-11-23(36)19-28(26)45-35)42-32-29(31(37)38-21-39-32)30(40-42)22-9-12-25(13-10-22)44-24-7-5-4-6-8-24/h4-14,19,21,27H,15-18,20H2,1-3H3,(H2,37,38,39). The highest BCUT2D eigenvalue weighted by molar-refractivity contribution is 5.98. The summed E-state index contributed by atoms with van der Waals surface area (Å²) in [7, 11) is 0. The number of fused-ring (bicyclic) bond motifs is 2. The smallest absolute Gasteiger partial charge is 0.410 e. The Kier molecular flexibility index (Phi) is 7.26. The van der Waals surface area contributed by atoms with Crippen molar-refractivity contribution in [1.82, 2.24) is 24.6 Å². The molecule has 1 spiro atoms. The number of anilines is 1. The summed E-state index contributed by atoms with van der Waals surface area (Å²) >= 11 is 0. The Labute approximate surface area is 265 Å². The van der Waals surface area contributed by atoms with E-state index < -0.39 is 17.0 Å². The number of ether oxygens (including phenoxy) is 3. The minimum absolute atomic E-state index is 0.308. The summed E-state index contributed by atoms with van der Waals surface area (Å²) < 4.78 is 34.6. The van der Waals surface area contributed by atoms with E-state index in [0.29, 0.717) is 66.4 Å². The molecule has 1 fully saturated rings. The maximum atomic E-state index is 14.6. The zero-order valence-electron chi connectivity index (χ0n) is 25.9. The highest BCUT2D eigenvalue weighted by atomic mass is 19.1. The minimum Gasteiger partial charge on any atom is -0.487 e. The zero-order valence-corrected chi connectivity index (χ0v) is 25.9. The van der Waals surface area contributed by atoms with Crippen LogP contribution < -0.4 is 15.2 Å². The number of aromatic nitrogens is 4. The highest BCUT2D eigenvalue weighted by Crippen LogP contribution is 2.47. The molecular weight excluding hydrogens is 587 g/mol. The number of likely N-dealkylation sites (tertiary alicyclic amines) is 1. The van der Waals surface area contributed by atoms with Crippen LogP contribution >= 0.6 is 0 Å². The first-order valence-corrected chi connectivity index (χ1v) is 15.4. The van der Waals surface area contributed by atoms with Gasteiger partial charge in [-0.25, -0.2) is 23.8 Å². The Bertz CT molecular complexity index is 1900. The quantitative estimate of drug-likeness (QED) is 0.225. The number of amides is 1. The van der Waals surface area contributed by atoms with Crippen molar-refractivity contribution in [3.8, 4) is 28.5 Å². The van der Waals surface area contributed by atoms with Crippen LogP contribution in [0.1, 0.15) is 51.6 Å². The third-order valence-electron chi connectivity index (χ3n) is 8.47. The van der Waals surface area contributed by atoms with Crippen molar-refractivity contribution in [3.63, 3.8) is 0 Å². The average molecular weight is 623 g/mol. The Morgan fingerprint density at radius 1 is 1.00 bits per heavy atom. The molecule has 0 radical (unpaired) electrons. The first-order valence-electron chi connectivity index (χ1n) is 15.4. The van der Waals surface area contributed by atoms with Crippen LogP contribution in [0.25, 0.3) is 22.3 Å². The molecule has 2 aromatic heterocycles. The van der Waals surface area contributed by atoms with Gasteiger partial charge in [-0.1, -0.05) is 24.3 Å². The van der Waals surface area contributed by atoms with Gasteiger partial charge in [0.25, 0.3) is 0 Å². The summed E-state index contributed by atoms with van der Waals surface area (Å²) in [5.41, 5.74) is 8.01. The first-order chi connectivity index (χ1) is 22.1. The van der Waals surface area contributed by atoms with Crippen molar-refractivity contribution in [3.05, 3.63) is 90.5 Å². The number of nitrogens with two attached hydrogens (primary N) is 1. The van der Waals surface area contributed by atoms with Gasteiger partial charge in [-0.15, -0.1) is 0 Å². The van der Waals surface area contributed by atoms with E-state index in [1.54, 1.807) is 11.0 Å². The molecule has 2 aliphatic heterocycles. The van der Waals surface area contributed by atoms with Gasteiger partial charge in [-0.3, -0.25) is 0 Å². The van der Waals surface area contributed by atoms with Crippen molar-refractivity contribution in [2.24, 2.45) is 0 Å². The van der Waals surface area contributed by atoms with Crippen LogP contribution in [0, 0.1) is 5.82 Å². The summed E-state index contributed by atoms with van der Waals surface area (Å²) in [6.07, 6.45) is 2.71. The zero-order chi connectivity index (χ0) is 32.1. The lowest BCUT2D eigenvalue weighted by molar-refractivity contribution is -0.0349. The van der Waals surface area contributed by atoms with Crippen molar-refractivity contribution in [1.29, 1.82) is 0 Å². The number of benzene rings is 3. The Morgan fingerprint density at radius 3 is 2.43 bits per heavy atom. The van der Waals surface area contributed by atoms with Gasteiger partial charge in [-0.2, -0.15) is 5.10 Å². The van der Waals surface area contributed by atoms with Crippen molar-refractivity contribution < 1.29 is 23.4 Å². The summed E-state index contributed by atoms with van der Waals surface area (Å²) in [6.45, 7) is 6.45. The molecule has 3 aromatic carbocycles. The topological polar surface area (TPSA) is 118 Å². The number of nitrogen functional groups attached to an aromatic ring is 1. The van der Waals surface area contributed by atoms with Crippen molar-refractivity contribution in [2.75, 3.05) is 18.8 Å². The van der Waals surface area contributed by atoms with Gasteiger partial charge in [0.05, 0.1) is 11.4 Å². The van der Waals surface area contributed by atoms with Crippen LogP contribution in [0.3, 0.4) is 0 Å². The Morgan fingerprint density at radius 2 is 1.72 bits per heavy atom. The molecule has 2 aliphatic rings. The van der Waals surface area contributed by atoms with Gasteiger partial charge in [-0.05, 0) is 63.2 Å². The highest BCUT2D eigenvalue weighted by Gasteiger charge is 2.46. The van der Waals surface area contributed by atoms with E-state index in [9.17, 15) is 9.18 Å². The molecule has 0 aliphatic carbocycles. The lowest BCUT2D eigenvalue weighted by Crippen LogP contribution is -2.53. The minimum atomic E-state index is -0.655. The van der Waals surface area contributed by atoms with Crippen molar-refractivity contribution >= 4 is 22.9 Å². The van der Waals surface area contributed by atoms with Gasteiger partial charge in [0.1, 0.15) is 52.1 Å². The summed E-state index contributed by atoms with van der Waals surface area (Å²) in [6, 6.07) is 21.4. The molecule has 1 atom stereocenters. The van der Waals surface area contributed by atoms with Crippen LogP contribution in [0.5, 0.6) is 17.2 Å². The first kappa shape index (κ1) is 29.5. The third-order valence-corrected chi connectivity index (χ3v) is 8.47. The van der Waals surface area contributed by atoms with Crippen molar-refractivity contribution in [2.45, 2.75) is 57.3 Å². The van der Waals surface area contributed by atoms with E-state index in [2.05, 4.69) is 9.97 Å². The number of halogens is 1. The molecule has 11 heteroatoms. The van der Waals surface area contributed by atoms with E-state index in [1.165, 1.54) is 18.5 Å². The summed E-state index contributed by atoms with van der Waals surface area (Å²) in [4.78, 5) is 23.4. The molecule has 1 amide bonds. The van der Waals surface area contributed by atoms with Gasteiger partial charge in [0.15, 0.2) is 5.65 Å². The molecule has 5 aromatic rings. The SMILES string of the molecule is CC(C)(C)OC(=O)N1CCC2(CC1)CC(n1nc(-c3ccc(Oc4ccccc4)cc3)c3c(N)ncnc31)c1ccc(F)cc1O2. The van der Waals surface area contributed by atoms with Crippen LogP contribution in [0.15, 0.2) is 79.1 Å². The number of hydrogen-bond donors (Lipinski definition) is 1. The van der Waals surface area contributed by atoms with Crippen LogP contribution in [0.4, 0.5) is 15.0 Å². The number of para-hydroxylation sites is 1. The van der Waals surface area contributed by atoms with E-state index in [0.717, 1.165) is 16.9 Å². The number of piperidine rings is 1. The maximum absolute atomic E-state index is 14.6. The monoisotopic (exact) mass is 622 g/mol. The lowest BCUT2D eigenvalue weighted by atomic mass is 9.80. The largest absolute Gasteiger partial charge is 0.487 e.